The molecule has 0 fully saturated rings. The first-order chi connectivity index (χ1) is 16.1. The van der Waals surface area contributed by atoms with E-state index in [0.717, 1.165) is 30.4 Å². The van der Waals surface area contributed by atoms with Gasteiger partial charge in [-0.3, -0.25) is 4.79 Å². The van der Waals surface area contributed by atoms with E-state index in [-0.39, 0.29) is 5.91 Å². The lowest BCUT2D eigenvalue weighted by Crippen LogP contribution is -2.35. The Morgan fingerprint density at radius 3 is 2.33 bits per heavy atom. The van der Waals surface area contributed by atoms with E-state index in [1.807, 2.05) is 67.3 Å². The van der Waals surface area contributed by atoms with Gasteiger partial charge in [0.25, 0.3) is 0 Å². The highest BCUT2D eigenvalue weighted by Crippen LogP contribution is 2.29. The van der Waals surface area contributed by atoms with E-state index in [2.05, 4.69) is 13.8 Å². The molecule has 2 aromatic carbocycles. The Bertz CT molecular complexity index is 780. The highest BCUT2D eigenvalue weighted by Gasteiger charge is 2.17. The summed E-state index contributed by atoms with van der Waals surface area (Å²) < 4.78 is 11.5. The third-order valence-corrected chi connectivity index (χ3v) is 5.63. The molecule has 1 amide bonds. The van der Waals surface area contributed by atoms with Gasteiger partial charge in [-0.1, -0.05) is 83.4 Å². The van der Waals surface area contributed by atoms with E-state index in [0.29, 0.717) is 50.1 Å². The average molecular weight is 457 g/mol. The largest absolute Gasteiger partial charge is 0.493 e. The lowest BCUT2D eigenvalue weighted by molar-refractivity contribution is -0.132. The molecule has 0 bridgehead atoms. The molecule has 0 saturated heterocycles. The summed E-state index contributed by atoms with van der Waals surface area (Å²) in [5, 5.41) is 0. The van der Waals surface area contributed by atoms with Gasteiger partial charge < -0.3 is 20.1 Å². The molecule has 2 rings (SSSR count). The van der Waals surface area contributed by atoms with Crippen LogP contribution in [0.1, 0.15) is 70.9 Å². The number of hydrogen-bond donors (Lipinski definition) is 1. The molecule has 0 aliphatic rings. The molecule has 0 radical (unpaired) electrons. The van der Waals surface area contributed by atoms with Crippen molar-refractivity contribution >= 4 is 5.91 Å². The standard InChI is InChI=1S/C26H38N2O3.C2H6/c1-4-9-21(5-2)13-15-26(29)28(17-16-27)19-23-12-14-24(25(18-23)30-3)31-20-22-10-7-6-8-11-22;1-2/h6-8,10-12,14,18,21H,4-5,9,13,15-17,19-20,27H2,1-3H3;1-2H3. The van der Waals surface area contributed by atoms with Crippen LogP contribution in [0.15, 0.2) is 48.5 Å². The van der Waals surface area contributed by atoms with Crippen LogP contribution in [-0.4, -0.2) is 31.0 Å². The zero-order chi connectivity index (χ0) is 24.5. The molecule has 184 valence electrons. The van der Waals surface area contributed by atoms with Crippen LogP contribution in [0, 0.1) is 5.92 Å². The first-order valence-electron chi connectivity index (χ1n) is 12.4. The Labute approximate surface area is 201 Å². The molecule has 0 aliphatic carbocycles. The van der Waals surface area contributed by atoms with Gasteiger partial charge in [-0.15, -0.1) is 0 Å². The lowest BCUT2D eigenvalue weighted by atomic mass is 9.95. The van der Waals surface area contributed by atoms with E-state index in [4.69, 9.17) is 15.2 Å². The normalized spacial score (nSPS) is 11.2. The van der Waals surface area contributed by atoms with Crippen LogP contribution in [0.4, 0.5) is 0 Å². The zero-order valence-electron chi connectivity index (χ0n) is 21.3. The maximum absolute atomic E-state index is 12.9. The minimum atomic E-state index is 0.170. The second-order valence-electron chi connectivity index (χ2n) is 7.97. The van der Waals surface area contributed by atoms with Crippen LogP contribution in [-0.2, 0) is 17.9 Å². The van der Waals surface area contributed by atoms with Gasteiger partial charge in [0.05, 0.1) is 7.11 Å². The summed E-state index contributed by atoms with van der Waals surface area (Å²) in [6.07, 6.45) is 4.99. The molecule has 2 N–H and O–H groups in total. The van der Waals surface area contributed by atoms with Crippen molar-refractivity contribution in [2.24, 2.45) is 11.7 Å². The fraction of sp³-hybridized carbons (Fsp3) is 0.536. The van der Waals surface area contributed by atoms with E-state index >= 15 is 0 Å². The molecule has 5 nitrogen and oxygen atoms in total. The highest BCUT2D eigenvalue weighted by atomic mass is 16.5. The Morgan fingerprint density at radius 2 is 1.73 bits per heavy atom. The molecule has 33 heavy (non-hydrogen) atoms. The van der Waals surface area contributed by atoms with Crippen molar-refractivity contribution < 1.29 is 14.3 Å². The van der Waals surface area contributed by atoms with E-state index in [1.54, 1.807) is 7.11 Å². The van der Waals surface area contributed by atoms with E-state index < -0.39 is 0 Å². The van der Waals surface area contributed by atoms with Crippen molar-refractivity contribution in [3.8, 4) is 11.5 Å². The maximum Gasteiger partial charge on any atom is 0.222 e. The number of ether oxygens (including phenoxy) is 2. The SMILES string of the molecule is CC.CCCC(CC)CCC(=O)N(CCN)Cc1ccc(OCc2ccccc2)c(OC)c1. The Balaban J connectivity index is 0.00000265. The number of methoxy groups -OCH3 is 1. The molecular weight excluding hydrogens is 412 g/mol. The number of nitrogens with zero attached hydrogens (tertiary/aromatic N) is 1. The second-order valence-corrected chi connectivity index (χ2v) is 7.97. The quantitative estimate of drug-likeness (QED) is 0.368. The van der Waals surface area contributed by atoms with Crippen molar-refractivity contribution in [2.45, 2.75) is 73.0 Å². The Kier molecular flexibility index (Phi) is 14.7. The summed E-state index contributed by atoms with van der Waals surface area (Å²) in [7, 11) is 1.63. The van der Waals surface area contributed by atoms with Gasteiger partial charge in [-0.2, -0.15) is 0 Å². The van der Waals surface area contributed by atoms with Gasteiger partial charge in [0.2, 0.25) is 5.91 Å². The molecular formula is C28H44N2O3. The number of benzene rings is 2. The fourth-order valence-electron chi connectivity index (χ4n) is 3.78. The number of hydrogen-bond acceptors (Lipinski definition) is 4. The molecule has 0 aromatic heterocycles. The third-order valence-electron chi connectivity index (χ3n) is 5.63. The number of rotatable bonds is 14. The first kappa shape index (κ1) is 28.5. The number of carbonyl (C=O) groups is 1. The molecule has 0 aliphatic heterocycles. The van der Waals surface area contributed by atoms with Crippen LogP contribution < -0.4 is 15.2 Å². The minimum Gasteiger partial charge on any atom is -0.493 e. The fourth-order valence-corrected chi connectivity index (χ4v) is 3.78. The topological polar surface area (TPSA) is 64.8 Å². The van der Waals surface area contributed by atoms with Crippen LogP contribution in [0.5, 0.6) is 11.5 Å². The summed E-state index contributed by atoms with van der Waals surface area (Å²) in [4.78, 5) is 14.7. The van der Waals surface area contributed by atoms with Gasteiger partial charge in [-0.05, 0) is 35.6 Å². The third kappa shape index (κ3) is 10.3. The average Bonchev–Trinajstić information content (AvgIpc) is 2.87. The Morgan fingerprint density at radius 1 is 1.00 bits per heavy atom. The number of nitrogens with two attached hydrogens (primary N) is 1. The monoisotopic (exact) mass is 456 g/mol. The maximum atomic E-state index is 12.9. The molecule has 0 saturated carbocycles. The van der Waals surface area contributed by atoms with E-state index in [1.165, 1.54) is 6.42 Å². The summed E-state index contributed by atoms with van der Waals surface area (Å²) in [6.45, 7) is 10.4. The second kappa shape index (κ2) is 17.0. The predicted molar refractivity (Wildman–Crippen MR) is 138 cm³/mol. The van der Waals surface area contributed by atoms with Crippen LogP contribution >= 0.6 is 0 Å². The van der Waals surface area contributed by atoms with Crippen LogP contribution in [0.3, 0.4) is 0 Å². The van der Waals surface area contributed by atoms with Crippen LogP contribution in [0.2, 0.25) is 0 Å². The molecule has 1 atom stereocenters. The van der Waals surface area contributed by atoms with Gasteiger partial charge in [0, 0.05) is 26.1 Å². The Hall–Kier alpha value is -2.53. The number of amides is 1. The lowest BCUT2D eigenvalue weighted by Gasteiger charge is -2.24. The first-order valence-corrected chi connectivity index (χ1v) is 12.4. The summed E-state index contributed by atoms with van der Waals surface area (Å²) in [5.74, 6) is 2.15. The summed E-state index contributed by atoms with van der Waals surface area (Å²) >= 11 is 0. The summed E-state index contributed by atoms with van der Waals surface area (Å²) in [5.41, 5.74) is 7.89. The van der Waals surface area contributed by atoms with Crippen molar-refractivity contribution in [1.82, 2.24) is 4.90 Å². The summed E-state index contributed by atoms with van der Waals surface area (Å²) in [6, 6.07) is 15.9. The van der Waals surface area contributed by atoms with Crippen molar-refractivity contribution in [3.63, 3.8) is 0 Å². The molecule has 2 aromatic rings. The zero-order valence-corrected chi connectivity index (χ0v) is 21.3. The minimum absolute atomic E-state index is 0.170. The van der Waals surface area contributed by atoms with Crippen molar-refractivity contribution in [3.05, 3.63) is 59.7 Å². The smallest absolute Gasteiger partial charge is 0.222 e. The van der Waals surface area contributed by atoms with Gasteiger partial charge in [-0.25, -0.2) is 0 Å². The van der Waals surface area contributed by atoms with Crippen molar-refractivity contribution in [2.75, 3.05) is 20.2 Å². The van der Waals surface area contributed by atoms with Gasteiger partial charge >= 0.3 is 0 Å². The van der Waals surface area contributed by atoms with Crippen molar-refractivity contribution in [1.29, 1.82) is 0 Å². The molecule has 1 unspecified atom stereocenters. The van der Waals surface area contributed by atoms with E-state index in [9.17, 15) is 4.79 Å². The highest BCUT2D eigenvalue weighted by molar-refractivity contribution is 5.76. The molecule has 0 spiro atoms. The van der Waals surface area contributed by atoms with Crippen LogP contribution in [0.25, 0.3) is 0 Å². The predicted octanol–water partition coefficient (Wildman–Crippen LogP) is 6.19. The number of carbonyl (C=O) groups excluding carboxylic acids is 1. The molecule has 5 heteroatoms. The molecule has 0 heterocycles. The van der Waals surface area contributed by atoms with Gasteiger partial charge in [0.15, 0.2) is 11.5 Å². The van der Waals surface area contributed by atoms with Gasteiger partial charge in [0.1, 0.15) is 6.61 Å².